The average Bonchev–Trinajstić information content (AvgIpc) is 2.38. The third-order valence-electron chi connectivity index (χ3n) is 3.22. The van der Waals surface area contributed by atoms with E-state index in [1.54, 1.807) is 12.1 Å². The van der Waals surface area contributed by atoms with Gasteiger partial charge >= 0.3 is 37.4 Å². The summed E-state index contributed by atoms with van der Waals surface area (Å²) in [5.74, 6) is 0.210. The standard InChI is InChI=1S/C15H25O4P.Na.H/c1-2-3-4-5-6-7-8-9-14-10-12-15(13-11-14)19-20(16,17)18;;/h10-13H,2-9H2,1H3,(H2,16,17,18);;/q;+1;-1. The predicted octanol–water partition coefficient (Wildman–Crippen LogP) is 1.57. The summed E-state index contributed by atoms with van der Waals surface area (Å²) in [4.78, 5) is 17.4. The molecule has 0 unspecified atom stereocenters. The third kappa shape index (κ3) is 11.4. The SMILES string of the molecule is CCCCCCCCCc1ccc(OP(=O)(O)O)cc1.[H-].[Na+]. The average molecular weight is 324 g/mol. The molecular weight excluding hydrogens is 298 g/mol. The Kier molecular flexibility index (Phi) is 11.8. The molecule has 21 heavy (non-hydrogen) atoms. The predicted molar refractivity (Wildman–Crippen MR) is 81.9 cm³/mol. The van der Waals surface area contributed by atoms with Crippen LogP contribution in [0.15, 0.2) is 24.3 Å². The van der Waals surface area contributed by atoms with E-state index in [2.05, 4.69) is 11.4 Å². The summed E-state index contributed by atoms with van der Waals surface area (Å²) in [5.41, 5.74) is 1.18. The van der Waals surface area contributed by atoms with E-state index in [1.165, 1.54) is 44.1 Å². The molecule has 0 saturated heterocycles. The van der Waals surface area contributed by atoms with Gasteiger partial charge < -0.3 is 5.95 Å². The number of aryl methyl sites for hydroxylation is 1. The minimum Gasteiger partial charge on any atom is -1.00 e. The van der Waals surface area contributed by atoms with Gasteiger partial charge in [0.25, 0.3) is 0 Å². The van der Waals surface area contributed by atoms with Gasteiger partial charge in [0.1, 0.15) is 5.75 Å². The van der Waals surface area contributed by atoms with Gasteiger partial charge in [-0.1, -0.05) is 57.6 Å². The molecule has 0 radical (unpaired) electrons. The number of phosphoric acid groups is 1. The van der Waals surface area contributed by atoms with Crippen molar-refractivity contribution in [1.29, 1.82) is 0 Å². The van der Waals surface area contributed by atoms with Crippen LogP contribution in [0.5, 0.6) is 5.75 Å². The number of benzene rings is 1. The van der Waals surface area contributed by atoms with E-state index in [0.29, 0.717) is 0 Å². The monoisotopic (exact) mass is 324 g/mol. The molecule has 0 amide bonds. The third-order valence-corrected chi connectivity index (χ3v) is 3.67. The summed E-state index contributed by atoms with van der Waals surface area (Å²) in [6, 6.07) is 6.94. The number of unbranched alkanes of at least 4 members (excludes halogenated alkanes) is 6. The van der Waals surface area contributed by atoms with Crippen molar-refractivity contribution in [2.45, 2.75) is 58.3 Å². The molecule has 2 N–H and O–H groups in total. The van der Waals surface area contributed by atoms with Gasteiger partial charge in [-0.2, -0.15) is 0 Å². The molecule has 0 fully saturated rings. The molecule has 6 heteroatoms. The molecule has 0 aliphatic heterocycles. The Morgan fingerprint density at radius 3 is 2.05 bits per heavy atom. The molecule has 1 aromatic carbocycles. The van der Waals surface area contributed by atoms with E-state index in [-0.39, 0.29) is 36.7 Å². The van der Waals surface area contributed by atoms with Gasteiger partial charge in [-0.3, -0.25) is 9.79 Å². The van der Waals surface area contributed by atoms with Crippen molar-refractivity contribution >= 4 is 7.82 Å². The first kappa shape index (κ1) is 21.2. The van der Waals surface area contributed by atoms with E-state index in [0.717, 1.165) is 12.8 Å². The van der Waals surface area contributed by atoms with Crippen molar-refractivity contribution in [3.63, 3.8) is 0 Å². The maximum absolute atomic E-state index is 10.7. The van der Waals surface area contributed by atoms with Crippen LogP contribution in [0, 0.1) is 0 Å². The van der Waals surface area contributed by atoms with Gasteiger partial charge in [0.15, 0.2) is 0 Å². The topological polar surface area (TPSA) is 66.8 Å². The number of rotatable bonds is 10. The van der Waals surface area contributed by atoms with Crippen molar-refractivity contribution in [3.8, 4) is 5.75 Å². The van der Waals surface area contributed by atoms with Crippen LogP contribution in [0.25, 0.3) is 0 Å². The molecule has 4 nitrogen and oxygen atoms in total. The van der Waals surface area contributed by atoms with Crippen LogP contribution < -0.4 is 34.1 Å². The Hall–Kier alpha value is 0.170. The van der Waals surface area contributed by atoms with Gasteiger partial charge in [0.05, 0.1) is 0 Å². The molecule has 0 aromatic heterocycles. The quantitative estimate of drug-likeness (QED) is 0.389. The van der Waals surface area contributed by atoms with Crippen molar-refractivity contribution in [2.24, 2.45) is 0 Å². The van der Waals surface area contributed by atoms with Crippen molar-refractivity contribution < 1.29 is 49.9 Å². The zero-order chi connectivity index (χ0) is 14.8. The van der Waals surface area contributed by atoms with E-state index in [4.69, 9.17) is 9.79 Å². The zero-order valence-corrected chi connectivity index (χ0v) is 16.0. The molecule has 1 rings (SSSR count). The van der Waals surface area contributed by atoms with Crippen LogP contribution in [0.4, 0.5) is 0 Å². The molecule has 1 aromatic rings. The summed E-state index contributed by atoms with van der Waals surface area (Å²) in [5, 5.41) is 0. The van der Waals surface area contributed by atoms with Crippen LogP contribution in [0.2, 0.25) is 0 Å². The minimum absolute atomic E-state index is 0. The summed E-state index contributed by atoms with van der Waals surface area (Å²) in [6.07, 6.45) is 9.97. The number of hydrogen-bond donors (Lipinski definition) is 2. The van der Waals surface area contributed by atoms with Crippen molar-refractivity contribution in [3.05, 3.63) is 29.8 Å². The van der Waals surface area contributed by atoms with Gasteiger partial charge in [-0.25, -0.2) is 4.57 Å². The summed E-state index contributed by atoms with van der Waals surface area (Å²) in [6.45, 7) is 2.22. The maximum atomic E-state index is 10.7. The largest absolute Gasteiger partial charge is 1.00 e. The van der Waals surface area contributed by atoms with Gasteiger partial charge in [-0.15, -0.1) is 0 Å². The summed E-state index contributed by atoms with van der Waals surface area (Å²) in [7, 11) is -4.44. The molecule has 116 valence electrons. The smallest absolute Gasteiger partial charge is 1.00 e. The first-order valence-electron chi connectivity index (χ1n) is 7.35. The zero-order valence-electron chi connectivity index (χ0n) is 14.1. The molecule has 0 saturated carbocycles. The maximum Gasteiger partial charge on any atom is 1.00 e. The Balaban J connectivity index is 0. The van der Waals surface area contributed by atoms with Gasteiger partial charge in [0, 0.05) is 0 Å². The second-order valence-corrected chi connectivity index (χ2v) is 6.26. The normalized spacial score (nSPS) is 11.0. The first-order chi connectivity index (χ1) is 9.51. The van der Waals surface area contributed by atoms with Crippen LogP contribution in [-0.4, -0.2) is 9.79 Å². The molecule has 0 heterocycles. The Labute approximate surface area is 151 Å². The first-order valence-corrected chi connectivity index (χ1v) is 8.88. The van der Waals surface area contributed by atoms with Crippen LogP contribution >= 0.6 is 7.82 Å². The van der Waals surface area contributed by atoms with Crippen LogP contribution in [-0.2, 0) is 11.0 Å². The Morgan fingerprint density at radius 2 is 1.52 bits per heavy atom. The molecule has 0 bridgehead atoms. The van der Waals surface area contributed by atoms with Gasteiger partial charge in [0.2, 0.25) is 0 Å². The van der Waals surface area contributed by atoms with E-state index in [9.17, 15) is 4.57 Å². The molecular formula is C15H26NaO4P. The second-order valence-electron chi connectivity index (χ2n) is 5.10. The number of hydrogen-bond acceptors (Lipinski definition) is 2. The fourth-order valence-corrected chi connectivity index (χ4v) is 2.54. The minimum atomic E-state index is -4.44. The molecule has 0 aliphatic carbocycles. The van der Waals surface area contributed by atoms with Gasteiger partial charge in [-0.05, 0) is 30.5 Å². The van der Waals surface area contributed by atoms with Crippen molar-refractivity contribution in [2.75, 3.05) is 0 Å². The van der Waals surface area contributed by atoms with Crippen molar-refractivity contribution in [1.82, 2.24) is 0 Å². The van der Waals surface area contributed by atoms with E-state index >= 15 is 0 Å². The molecule has 0 spiro atoms. The Bertz CT molecular complexity index is 422. The fourth-order valence-electron chi connectivity index (χ4n) is 2.14. The number of phosphoric ester groups is 1. The Morgan fingerprint density at radius 1 is 1.00 bits per heavy atom. The second kappa shape index (κ2) is 11.7. The fraction of sp³-hybridized carbons (Fsp3) is 0.600. The van der Waals surface area contributed by atoms with E-state index in [1.807, 2.05) is 12.1 Å². The van der Waals surface area contributed by atoms with E-state index < -0.39 is 7.82 Å². The van der Waals surface area contributed by atoms with Crippen LogP contribution in [0.1, 0.15) is 58.9 Å². The summed E-state index contributed by atoms with van der Waals surface area (Å²) < 4.78 is 15.2. The van der Waals surface area contributed by atoms with Crippen LogP contribution in [0.3, 0.4) is 0 Å². The molecule has 0 atom stereocenters. The molecule has 0 aliphatic rings. The summed E-state index contributed by atoms with van der Waals surface area (Å²) >= 11 is 0.